The zero-order valence-electron chi connectivity index (χ0n) is 10.8. The smallest absolute Gasteiger partial charge is 0.0453 e. The highest BCUT2D eigenvalue weighted by Gasteiger charge is 2.42. The molecule has 0 spiro atoms. The molecule has 98 valence electrons. The second-order valence-electron chi connectivity index (χ2n) is 5.77. The van der Waals surface area contributed by atoms with E-state index >= 15 is 0 Å². The molecule has 1 aromatic rings. The van der Waals surface area contributed by atoms with E-state index in [1.165, 1.54) is 49.9 Å². The fraction of sp³-hybridized carbons (Fsp3) is 0.600. The van der Waals surface area contributed by atoms with Crippen LogP contribution in [0.25, 0.3) is 0 Å². The average molecular weight is 265 g/mol. The average Bonchev–Trinajstić information content (AvgIpc) is 3.02. The van der Waals surface area contributed by atoms with E-state index in [4.69, 9.17) is 17.3 Å². The summed E-state index contributed by atoms with van der Waals surface area (Å²) in [5.74, 6) is 0. The number of likely N-dealkylation sites (tertiary alicyclic amines) is 1. The fourth-order valence-electron chi connectivity index (χ4n) is 2.95. The van der Waals surface area contributed by atoms with Gasteiger partial charge < -0.3 is 5.73 Å². The SMILES string of the molecule is NCC1(c2ccc(CN3CCCC3)c(Cl)c2)CC1. The predicted octanol–water partition coefficient (Wildman–Crippen LogP) is 2.93. The summed E-state index contributed by atoms with van der Waals surface area (Å²) in [6.45, 7) is 4.17. The van der Waals surface area contributed by atoms with Gasteiger partial charge in [-0.2, -0.15) is 0 Å². The Kier molecular flexibility index (Phi) is 3.35. The number of rotatable bonds is 4. The molecule has 0 radical (unpaired) electrons. The standard InChI is InChI=1S/C15H21ClN2/c16-14-9-13(15(11-17)5-6-15)4-3-12(14)10-18-7-1-2-8-18/h3-4,9H,1-2,5-8,10-11,17H2. The van der Waals surface area contributed by atoms with Gasteiger partial charge in [0.15, 0.2) is 0 Å². The van der Waals surface area contributed by atoms with Gasteiger partial charge in [0.2, 0.25) is 0 Å². The van der Waals surface area contributed by atoms with Gasteiger partial charge in [-0.25, -0.2) is 0 Å². The lowest BCUT2D eigenvalue weighted by Crippen LogP contribution is -2.21. The summed E-state index contributed by atoms with van der Waals surface area (Å²) in [6, 6.07) is 6.58. The molecular weight excluding hydrogens is 244 g/mol. The Morgan fingerprint density at radius 3 is 2.50 bits per heavy atom. The van der Waals surface area contributed by atoms with Crippen LogP contribution in [0.2, 0.25) is 5.02 Å². The van der Waals surface area contributed by atoms with Crippen LogP contribution in [-0.4, -0.2) is 24.5 Å². The first-order chi connectivity index (χ1) is 8.73. The second-order valence-corrected chi connectivity index (χ2v) is 6.18. The molecule has 2 aliphatic rings. The minimum Gasteiger partial charge on any atom is -0.330 e. The first-order valence-corrected chi connectivity index (χ1v) is 7.33. The maximum atomic E-state index is 6.43. The van der Waals surface area contributed by atoms with Crippen molar-refractivity contribution in [1.82, 2.24) is 4.90 Å². The molecule has 18 heavy (non-hydrogen) atoms. The normalized spacial score (nSPS) is 22.3. The monoisotopic (exact) mass is 264 g/mol. The van der Waals surface area contributed by atoms with Crippen LogP contribution in [0.1, 0.15) is 36.8 Å². The summed E-state index contributed by atoms with van der Waals surface area (Å²) in [5, 5.41) is 0.916. The van der Waals surface area contributed by atoms with Crippen LogP contribution in [0.15, 0.2) is 18.2 Å². The highest BCUT2D eigenvalue weighted by atomic mass is 35.5. The molecule has 1 aliphatic carbocycles. The van der Waals surface area contributed by atoms with E-state index in [1.807, 2.05) is 0 Å². The predicted molar refractivity (Wildman–Crippen MR) is 75.9 cm³/mol. The van der Waals surface area contributed by atoms with E-state index in [-0.39, 0.29) is 5.41 Å². The molecule has 3 rings (SSSR count). The third-order valence-electron chi connectivity index (χ3n) is 4.50. The number of halogens is 1. The summed E-state index contributed by atoms with van der Waals surface area (Å²) in [7, 11) is 0. The molecule has 1 aromatic carbocycles. The van der Waals surface area contributed by atoms with Crippen molar-refractivity contribution in [2.45, 2.75) is 37.6 Å². The Hall–Kier alpha value is -0.570. The summed E-state index contributed by atoms with van der Waals surface area (Å²) >= 11 is 6.43. The second kappa shape index (κ2) is 4.84. The minimum atomic E-state index is 0.246. The van der Waals surface area contributed by atoms with Gasteiger partial charge in [-0.1, -0.05) is 23.7 Å². The van der Waals surface area contributed by atoms with Crippen molar-refractivity contribution in [3.8, 4) is 0 Å². The molecular formula is C15H21ClN2. The van der Waals surface area contributed by atoms with Crippen LogP contribution in [0.4, 0.5) is 0 Å². The van der Waals surface area contributed by atoms with Crippen LogP contribution in [0, 0.1) is 0 Å². The lowest BCUT2D eigenvalue weighted by Gasteiger charge is -2.18. The molecule has 0 aromatic heterocycles. The zero-order chi connectivity index (χ0) is 12.6. The largest absolute Gasteiger partial charge is 0.330 e. The Bertz CT molecular complexity index is 434. The maximum absolute atomic E-state index is 6.43. The van der Waals surface area contributed by atoms with Crippen LogP contribution < -0.4 is 5.73 Å². The summed E-state index contributed by atoms with van der Waals surface area (Å²) in [4.78, 5) is 2.48. The number of hydrogen-bond donors (Lipinski definition) is 1. The van der Waals surface area contributed by atoms with E-state index in [1.54, 1.807) is 0 Å². The van der Waals surface area contributed by atoms with Crippen molar-refractivity contribution in [2.75, 3.05) is 19.6 Å². The van der Waals surface area contributed by atoms with Crippen LogP contribution in [0.3, 0.4) is 0 Å². The lowest BCUT2D eigenvalue weighted by atomic mass is 9.95. The third kappa shape index (κ3) is 2.29. The van der Waals surface area contributed by atoms with Gasteiger partial charge in [-0.15, -0.1) is 0 Å². The zero-order valence-corrected chi connectivity index (χ0v) is 11.5. The topological polar surface area (TPSA) is 29.3 Å². The number of nitrogens with two attached hydrogens (primary N) is 1. The van der Waals surface area contributed by atoms with Gasteiger partial charge in [-0.3, -0.25) is 4.90 Å². The van der Waals surface area contributed by atoms with Crippen LogP contribution >= 0.6 is 11.6 Å². The van der Waals surface area contributed by atoms with E-state index < -0.39 is 0 Å². The fourth-order valence-corrected chi connectivity index (χ4v) is 3.19. The Balaban J connectivity index is 1.76. The van der Waals surface area contributed by atoms with E-state index in [2.05, 4.69) is 23.1 Å². The molecule has 2 fully saturated rings. The van der Waals surface area contributed by atoms with Gasteiger partial charge in [0.1, 0.15) is 0 Å². The van der Waals surface area contributed by atoms with Crippen LogP contribution in [0.5, 0.6) is 0 Å². The molecule has 0 unspecified atom stereocenters. The number of nitrogens with zero attached hydrogens (tertiary/aromatic N) is 1. The van der Waals surface area contributed by atoms with Crippen LogP contribution in [-0.2, 0) is 12.0 Å². The van der Waals surface area contributed by atoms with Crippen molar-refractivity contribution in [2.24, 2.45) is 5.73 Å². The summed E-state index contributed by atoms with van der Waals surface area (Å²) < 4.78 is 0. The first-order valence-electron chi connectivity index (χ1n) is 6.95. The quantitative estimate of drug-likeness (QED) is 0.906. The minimum absolute atomic E-state index is 0.246. The first kappa shape index (κ1) is 12.5. The molecule has 0 amide bonds. The Morgan fingerprint density at radius 2 is 1.94 bits per heavy atom. The van der Waals surface area contributed by atoms with Gasteiger partial charge in [0, 0.05) is 23.5 Å². The van der Waals surface area contributed by atoms with E-state index in [0.717, 1.165) is 18.1 Å². The van der Waals surface area contributed by atoms with Crippen molar-refractivity contribution in [3.05, 3.63) is 34.3 Å². The molecule has 0 bridgehead atoms. The molecule has 3 heteroatoms. The number of benzene rings is 1. The van der Waals surface area contributed by atoms with Gasteiger partial charge in [0.05, 0.1) is 0 Å². The molecule has 2 nitrogen and oxygen atoms in total. The summed E-state index contributed by atoms with van der Waals surface area (Å²) in [6.07, 6.45) is 5.08. The lowest BCUT2D eigenvalue weighted by molar-refractivity contribution is 0.331. The molecule has 1 saturated heterocycles. The number of hydrogen-bond acceptors (Lipinski definition) is 2. The molecule has 2 N–H and O–H groups in total. The Labute approximate surface area is 114 Å². The van der Waals surface area contributed by atoms with Crippen molar-refractivity contribution < 1.29 is 0 Å². The Morgan fingerprint density at radius 1 is 1.22 bits per heavy atom. The highest BCUT2D eigenvalue weighted by Crippen LogP contribution is 2.47. The van der Waals surface area contributed by atoms with Crippen molar-refractivity contribution in [1.29, 1.82) is 0 Å². The maximum Gasteiger partial charge on any atom is 0.0453 e. The highest BCUT2D eigenvalue weighted by molar-refractivity contribution is 6.31. The van der Waals surface area contributed by atoms with Crippen molar-refractivity contribution >= 4 is 11.6 Å². The molecule has 0 atom stereocenters. The van der Waals surface area contributed by atoms with E-state index in [0.29, 0.717) is 0 Å². The third-order valence-corrected chi connectivity index (χ3v) is 4.85. The van der Waals surface area contributed by atoms with Gasteiger partial charge in [0.25, 0.3) is 0 Å². The van der Waals surface area contributed by atoms with E-state index in [9.17, 15) is 0 Å². The summed E-state index contributed by atoms with van der Waals surface area (Å²) in [5.41, 5.74) is 8.71. The molecule has 1 heterocycles. The van der Waals surface area contributed by atoms with Crippen molar-refractivity contribution in [3.63, 3.8) is 0 Å². The molecule has 1 saturated carbocycles. The molecule has 1 aliphatic heterocycles. The van der Waals surface area contributed by atoms with Gasteiger partial charge in [-0.05, 0) is 56.0 Å². The van der Waals surface area contributed by atoms with Gasteiger partial charge >= 0.3 is 0 Å².